The molecule has 3 nitrogen and oxygen atoms in total. The summed E-state index contributed by atoms with van der Waals surface area (Å²) in [6.07, 6.45) is 4.28. The van der Waals surface area contributed by atoms with E-state index in [0.717, 1.165) is 4.47 Å². The van der Waals surface area contributed by atoms with E-state index in [1.54, 1.807) is 20.0 Å². The van der Waals surface area contributed by atoms with Crippen molar-refractivity contribution in [3.8, 4) is 0 Å². The van der Waals surface area contributed by atoms with Gasteiger partial charge in [0.25, 0.3) is 0 Å². The first-order valence-electron chi connectivity index (χ1n) is 5.10. The first-order chi connectivity index (χ1) is 7.29. The zero-order chi connectivity index (χ0) is 12.8. The van der Waals surface area contributed by atoms with Crippen molar-refractivity contribution in [3.63, 3.8) is 0 Å². The molecule has 0 saturated heterocycles. The van der Waals surface area contributed by atoms with Crippen LogP contribution in [0.5, 0.6) is 0 Å². The SMILES string of the molecule is CCC(C)(C)C(=O)O.Cc1cncc(Br)c1. The molecule has 1 aromatic heterocycles. The summed E-state index contributed by atoms with van der Waals surface area (Å²) in [6.45, 7) is 7.32. The third-order valence-electron chi connectivity index (χ3n) is 2.30. The van der Waals surface area contributed by atoms with Crippen molar-refractivity contribution >= 4 is 21.9 Å². The quantitative estimate of drug-likeness (QED) is 0.903. The van der Waals surface area contributed by atoms with Gasteiger partial charge in [0.05, 0.1) is 5.41 Å². The molecule has 4 heteroatoms. The van der Waals surface area contributed by atoms with Crippen LogP contribution in [0.25, 0.3) is 0 Å². The molecule has 1 N–H and O–H groups in total. The van der Waals surface area contributed by atoms with Gasteiger partial charge >= 0.3 is 5.97 Å². The Morgan fingerprint density at radius 2 is 2.06 bits per heavy atom. The van der Waals surface area contributed by atoms with Crippen molar-refractivity contribution in [2.75, 3.05) is 0 Å². The lowest BCUT2D eigenvalue weighted by atomic mass is 9.91. The molecule has 1 aromatic rings. The van der Waals surface area contributed by atoms with Gasteiger partial charge in [-0.05, 0) is 54.8 Å². The topological polar surface area (TPSA) is 50.2 Å². The monoisotopic (exact) mass is 287 g/mol. The highest BCUT2D eigenvalue weighted by molar-refractivity contribution is 9.10. The molecule has 90 valence electrons. The first-order valence-corrected chi connectivity index (χ1v) is 5.89. The van der Waals surface area contributed by atoms with Crippen molar-refractivity contribution in [1.82, 2.24) is 4.98 Å². The summed E-state index contributed by atoms with van der Waals surface area (Å²) in [4.78, 5) is 14.2. The van der Waals surface area contributed by atoms with E-state index >= 15 is 0 Å². The number of aromatic nitrogens is 1. The van der Waals surface area contributed by atoms with E-state index in [1.807, 2.05) is 26.1 Å². The molecule has 0 fully saturated rings. The lowest BCUT2D eigenvalue weighted by Gasteiger charge is -2.14. The summed E-state index contributed by atoms with van der Waals surface area (Å²) < 4.78 is 1.04. The van der Waals surface area contributed by atoms with E-state index in [9.17, 15) is 4.79 Å². The van der Waals surface area contributed by atoms with Crippen LogP contribution in [0.3, 0.4) is 0 Å². The number of carboxylic acids is 1. The van der Waals surface area contributed by atoms with Gasteiger partial charge in [-0.25, -0.2) is 0 Å². The van der Waals surface area contributed by atoms with Gasteiger partial charge in [0.2, 0.25) is 0 Å². The second-order valence-corrected chi connectivity index (χ2v) is 5.14. The van der Waals surface area contributed by atoms with Crippen molar-refractivity contribution in [2.24, 2.45) is 5.41 Å². The maximum absolute atomic E-state index is 10.3. The van der Waals surface area contributed by atoms with Crippen LogP contribution in [-0.4, -0.2) is 16.1 Å². The molecule has 0 radical (unpaired) electrons. The molecule has 0 aromatic carbocycles. The lowest BCUT2D eigenvalue weighted by Crippen LogP contribution is -2.21. The molecule has 0 spiro atoms. The second kappa shape index (κ2) is 6.63. The molecule has 0 aliphatic carbocycles. The summed E-state index contributed by atoms with van der Waals surface area (Å²) in [5.41, 5.74) is 0.638. The van der Waals surface area contributed by atoms with Crippen LogP contribution in [0.2, 0.25) is 0 Å². The van der Waals surface area contributed by atoms with Crippen molar-refractivity contribution < 1.29 is 9.90 Å². The minimum absolute atomic E-state index is 0.542. The molecule has 0 bridgehead atoms. The Labute approximate surface area is 105 Å². The van der Waals surface area contributed by atoms with Gasteiger partial charge in [-0.2, -0.15) is 0 Å². The fourth-order valence-corrected chi connectivity index (χ4v) is 1.15. The zero-order valence-corrected chi connectivity index (χ0v) is 11.7. The van der Waals surface area contributed by atoms with Gasteiger partial charge in [-0.15, -0.1) is 0 Å². The van der Waals surface area contributed by atoms with Crippen LogP contribution in [0.15, 0.2) is 22.9 Å². The zero-order valence-electron chi connectivity index (χ0n) is 10.1. The molecule has 0 amide bonds. The summed E-state index contributed by atoms with van der Waals surface area (Å²) >= 11 is 3.30. The minimum atomic E-state index is -0.722. The summed E-state index contributed by atoms with van der Waals surface area (Å²) in [7, 11) is 0. The normalized spacial score (nSPS) is 10.3. The molecular formula is C12H18BrNO2. The molecule has 16 heavy (non-hydrogen) atoms. The second-order valence-electron chi connectivity index (χ2n) is 4.22. The summed E-state index contributed by atoms with van der Waals surface area (Å²) in [5.74, 6) is -0.722. The Morgan fingerprint density at radius 3 is 2.25 bits per heavy atom. The maximum Gasteiger partial charge on any atom is 0.309 e. The van der Waals surface area contributed by atoms with E-state index in [4.69, 9.17) is 5.11 Å². The molecule has 1 rings (SSSR count). The average Bonchev–Trinajstić information content (AvgIpc) is 2.18. The van der Waals surface area contributed by atoms with Gasteiger partial charge in [0.1, 0.15) is 0 Å². The molecule has 0 atom stereocenters. The predicted octanol–water partition coefficient (Wildman–Crippen LogP) is 3.66. The Kier molecular flexibility index (Phi) is 6.26. The Bertz CT molecular complexity index is 333. The Morgan fingerprint density at radius 1 is 1.50 bits per heavy atom. The van der Waals surface area contributed by atoms with Gasteiger partial charge in [-0.1, -0.05) is 6.92 Å². The first kappa shape index (κ1) is 15.1. The highest BCUT2D eigenvalue weighted by Gasteiger charge is 2.23. The fourth-order valence-electron chi connectivity index (χ4n) is 0.669. The lowest BCUT2D eigenvalue weighted by molar-refractivity contribution is -0.147. The van der Waals surface area contributed by atoms with Crippen LogP contribution in [0, 0.1) is 12.3 Å². The minimum Gasteiger partial charge on any atom is -0.481 e. The largest absolute Gasteiger partial charge is 0.481 e. The molecule has 1 heterocycles. The number of rotatable bonds is 2. The van der Waals surface area contributed by atoms with E-state index in [2.05, 4.69) is 20.9 Å². The van der Waals surface area contributed by atoms with E-state index in [1.165, 1.54) is 5.56 Å². The Balaban J connectivity index is 0.000000281. The van der Waals surface area contributed by atoms with Crippen molar-refractivity contribution in [3.05, 3.63) is 28.5 Å². The summed E-state index contributed by atoms with van der Waals surface area (Å²) in [5, 5.41) is 8.44. The number of carbonyl (C=O) groups is 1. The van der Waals surface area contributed by atoms with E-state index in [-0.39, 0.29) is 0 Å². The van der Waals surface area contributed by atoms with Gasteiger partial charge in [-0.3, -0.25) is 9.78 Å². The third-order valence-corrected chi connectivity index (χ3v) is 2.74. The third kappa shape index (κ3) is 5.85. The van der Waals surface area contributed by atoms with Crippen LogP contribution in [0.4, 0.5) is 0 Å². The van der Waals surface area contributed by atoms with Crippen molar-refractivity contribution in [2.45, 2.75) is 34.1 Å². The standard InChI is InChI=1S/C6H6BrN.C6H12O2/c1-5-2-6(7)4-8-3-5;1-4-6(2,3)5(7)8/h2-4H,1H3;4H2,1-3H3,(H,7,8). The number of hydrogen-bond acceptors (Lipinski definition) is 2. The number of aliphatic carboxylic acids is 1. The van der Waals surface area contributed by atoms with E-state index in [0.29, 0.717) is 6.42 Å². The molecular weight excluding hydrogens is 270 g/mol. The van der Waals surface area contributed by atoms with Crippen LogP contribution in [0.1, 0.15) is 32.8 Å². The number of hydrogen-bond donors (Lipinski definition) is 1. The number of nitrogens with zero attached hydrogens (tertiary/aromatic N) is 1. The average molecular weight is 288 g/mol. The predicted molar refractivity (Wildman–Crippen MR) is 68.4 cm³/mol. The number of aryl methyl sites for hydroxylation is 1. The number of halogens is 1. The fraction of sp³-hybridized carbons (Fsp3) is 0.500. The molecule has 0 unspecified atom stereocenters. The highest BCUT2D eigenvalue weighted by Crippen LogP contribution is 2.18. The number of carboxylic acid groups (broad SMARTS) is 1. The van der Waals surface area contributed by atoms with Gasteiger partial charge < -0.3 is 5.11 Å². The van der Waals surface area contributed by atoms with Gasteiger partial charge in [0.15, 0.2) is 0 Å². The van der Waals surface area contributed by atoms with Crippen LogP contribution >= 0.6 is 15.9 Å². The van der Waals surface area contributed by atoms with Crippen molar-refractivity contribution in [1.29, 1.82) is 0 Å². The van der Waals surface area contributed by atoms with Gasteiger partial charge in [0, 0.05) is 16.9 Å². The highest BCUT2D eigenvalue weighted by atomic mass is 79.9. The van der Waals surface area contributed by atoms with Crippen LogP contribution < -0.4 is 0 Å². The molecule has 0 aliphatic heterocycles. The molecule has 0 aliphatic rings. The van der Waals surface area contributed by atoms with E-state index < -0.39 is 11.4 Å². The number of pyridine rings is 1. The molecule has 0 saturated carbocycles. The maximum atomic E-state index is 10.3. The van der Waals surface area contributed by atoms with Crippen LogP contribution in [-0.2, 0) is 4.79 Å². The Hall–Kier alpha value is -0.900. The summed E-state index contributed by atoms with van der Waals surface area (Å²) in [6, 6.07) is 2.02. The smallest absolute Gasteiger partial charge is 0.309 e.